The van der Waals surface area contributed by atoms with Gasteiger partial charge in [-0.25, -0.2) is 9.59 Å². The molecule has 4 heterocycles. The van der Waals surface area contributed by atoms with Crippen molar-refractivity contribution in [3.05, 3.63) is 119 Å². The van der Waals surface area contributed by atoms with Crippen molar-refractivity contribution in [2.24, 2.45) is 0 Å². The van der Waals surface area contributed by atoms with Gasteiger partial charge < -0.3 is 95.1 Å². The molecule has 0 atom stereocenters. The van der Waals surface area contributed by atoms with Crippen LogP contribution in [0, 0.1) is 39.0 Å². The van der Waals surface area contributed by atoms with E-state index < -0.39 is 16.8 Å². The summed E-state index contributed by atoms with van der Waals surface area (Å²) in [6.07, 6.45) is 5.80. The summed E-state index contributed by atoms with van der Waals surface area (Å²) in [6, 6.07) is 20.1. The monoisotopic (exact) mass is 1700 g/mol. The maximum atomic E-state index is 12.2. The van der Waals surface area contributed by atoms with E-state index in [-0.39, 0.29) is 88.1 Å². The second-order valence-electron chi connectivity index (χ2n) is 27.5. The van der Waals surface area contributed by atoms with Crippen molar-refractivity contribution in [1.29, 1.82) is 0 Å². The average Bonchev–Trinajstić information content (AvgIpc) is 0.850. The largest absolute Gasteiger partial charge is 0.460 e. The molecule has 4 fully saturated rings. The number of nitrogens with one attached hydrogen (secondary N) is 2. The molecule has 0 aromatic heterocycles. The number of hydrogen-bond acceptors (Lipinski definition) is 15. The number of anilines is 5. The molecule has 4 aliphatic rings. The summed E-state index contributed by atoms with van der Waals surface area (Å²) in [5.41, 5.74) is 21.4. The predicted molar refractivity (Wildman–Crippen MR) is 423 cm³/mol. The van der Waals surface area contributed by atoms with Gasteiger partial charge in [0.05, 0.1) is 29.2 Å². The summed E-state index contributed by atoms with van der Waals surface area (Å²) < 4.78 is 25.7. The van der Waals surface area contributed by atoms with E-state index >= 15 is 0 Å². The Morgan fingerprint density at radius 2 is 0.898 bits per heavy atom. The molecule has 0 aliphatic carbocycles. The van der Waals surface area contributed by atoms with E-state index in [0.29, 0.717) is 19.5 Å². The van der Waals surface area contributed by atoms with Crippen LogP contribution in [-0.4, -0.2) is 148 Å². The van der Waals surface area contributed by atoms with E-state index in [2.05, 4.69) is 122 Å². The second kappa shape index (κ2) is 49.2. The second-order valence-corrected chi connectivity index (χ2v) is 30.6. The zero-order valence-electron chi connectivity index (χ0n) is 61.0. The van der Waals surface area contributed by atoms with Gasteiger partial charge in [0.1, 0.15) is 22.4 Å². The van der Waals surface area contributed by atoms with E-state index in [9.17, 15) is 19.2 Å². The number of ether oxygens (including phenoxy) is 4. The quantitative estimate of drug-likeness (QED) is 0.0427. The molecule has 2 amide bonds. The Balaban J connectivity index is -0.00000114. The number of likely N-dealkylation sites (tertiary alicyclic amines) is 1. The van der Waals surface area contributed by atoms with Crippen LogP contribution >= 0.6 is 66.1 Å². The first kappa shape index (κ1) is 98.6. The Labute approximate surface area is 652 Å². The summed E-state index contributed by atoms with van der Waals surface area (Å²) in [5, 5.41) is 7.45. The minimum absolute atomic E-state index is 0. The molecule has 0 bridgehead atoms. The van der Waals surface area contributed by atoms with Crippen LogP contribution in [0.5, 0.6) is 0 Å². The molecule has 0 spiro atoms. The van der Waals surface area contributed by atoms with Crippen LogP contribution < -0.4 is 36.8 Å². The first-order valence-electron chi connectivity index (χ1n) is 33.0. The number of amides is 2. The third kappa shape index (κ3) is 40.9. The van der Waals surface area contributed by atoms with E-state index in [4.69, 9.17) is 42.0 Å². The van der Waals surface area contributed by atoms with Crippen LogP contribution in [0.2, 0.25) is 5.02 Å². The van der Waals surface area contributed by atoms with Gasteiger partial charge in [-0.3, -0.25) is 14.0 Å². The number of nitrogens with zero attached hydrogens (tertiary/aromatic N) is 5. The van der Waals surface area contributed by atoms with Crippen LogP contribution in [0.15, 0.2) is 69.6 Å². The topological polar surface area (TPSA) is 197 Å². The van der Waals surface area contributed by atoms with Crippen molar-refractivity contribution in [2.45, 2.75) is 207 Å². The van der Waals surface area contributed by atoms with Crippen LogP contribution in [-0.2, 0) is 78.5 Å². The fraction of sp³-hybridized carbons (Fsp3) is 0.600. The van der Waals surface area contributed by atoms with Gasteiger partial charge in [0.25, 0.3) is 0 Å². The van der Waals surface area contributed by atoms with E-state index in [1.807, 2.05) is 154 Å². The fourth-order valence-electron chi connectivity index (χ4n) is 9.47. The molecule has 2 radical (unpaired) electrons. The first-order chi connectivity index (χ1) is 43.8. The summed E-state index contributed by atoms with van der Waals surface area (Å²) in [5.74, 6) is -0.406. The number of piperidine rings is 1. The van der Waals surface area contributed by atoms with E-state index in [1.165, 1.54) is 18.5 Å². The average molecular weight is 1700 g/mol. The number of esters is 2. The number of carbonyl (C=O) groups is 4. The van der Waals surface area contributed by atoms with Gasteiger partial charge in [-0.2, -0.15) is 12.8 Å². The van der Waals surface area contributed by atoms with Gasteiger partial charge in [-0.1, -0.05) is 68.4 Å². The van der Waals surface area contributed by atoms with Gasteiger partial charge in [0.2, 0.25) is 0 Å². The number of benzene rings is 4. The Morgan fingerprint density at radius 1 is 0.531 bits per heavy atom. The molecule has 8 rings (SSSR count). The first-order valence-corrected chi connectivity index (χ1v) is 36.2. The Bertz CT molecular complexity index is 2880. The molecule has 0 unspecified atom stereocenters. The molecule has 0 saturated carbocycles. The molecule has 4 aromatic rings. The van der Waals surface area contributed by atoms with Gasteiger partial charge in [-0.15, -0.1) is 0 Å². The normalized spacial score (nSPS) is 14.3. The molecule has 17 nitrogen and oxygen atoms in total. The maximum Gasteiger partial charge on any atom is 0.410 e. The zero-order valence-corrected chi connectivity index (χ0v) is 69.8. The Hall–Kier alpha value is -3.57. The van der Waals surface area contributed by atoms with Crippen LogP contribution in [0.1, 0.15) is 177 Å². The molecule has 4 aromatic carbocycles. The van der Waals surface area contributed by atoms with Crippen molar-refractivity contribution in [2.75, 3.05) is 118 Å². The van der Waals surface area contributed by atoms with Crippen LogP contribution in [0.25, 0.3) is 0 Å². The van der Waals surface area contributed by atoms with Gasteiger partial charge in [0.15, 0.2) is 0 Å². The third-order valence-electron chi connectivity index (χ3n) is 14.2. The number of rotatable bonds is 8. The van der Waals surface area contributed by atoms with E-state index in [1.54, 1.807) is 9.80 Å². The van der Waals surface area contributed by atoms with Crippen molar-refractivity contribution in [1.82, 2.24) is 20.4 Å². The number of nitrogens with two attached hydrogens (primary N) is 2. The van der Waals surface area contributed by atoms with Crippen molar-refractivity contribution in [3.63, 3.8) is 0 Å². The smallest absolute Gasteiger partial charge is 0.410 e. The minimum atomic E-state index is -0.486. The Kier molecular flexibility index (Phi) is 49.5. The van der Waals surface area contributed by atoms with Crippen molar-refractivity contribution < 1.29 is 75.2 Å². The Morgan fingerprint density at radius 3 is 1.31 bits per heavy atom. The van der Waals surface area contributed by atoms with Crippen LogP contribution in [0.4, 0.5) is 38.0 Å². The van der Waals surface area contributed by atoms with Gasteiger partial charge in [0, 0.05) is 155 Å². The summed E-state index contributed by atoms with van der Waals surface area (Å²) in [4.78, 5) is 58.0. The molecular weight excluding hydrogens is 1580 g/mol. The molecule has 98 heavy (non-hydrogen) atoms. The fourth-order valence-corrected chi connectivity index (χ4v) is 10.9. The molecular formula is C75H123Br2ClIN9O8V2-2. The number of carbonyl (C=O) groups excluding carboxylic acids is 4. The molecule has 4 aliphatic heterocycles. The van der Waals surface area contributed by atoms with Gasteiger partial charge >= 0.3 is 24.1 Å². The zero-order chi connectivity index (χ0) is 71.1. The number of piperazine rings is 3. The molecule has 23 heteroatoms. The SMILES string of the molecule is C.C.CC(C)(C)OC(=O)N1CCCCC1.CC[CH-]I.Cc1cc(Br)c(N2CCNCC2)cc1N.Cc1cc(Cl)c(N2CCNCC2)cc1N.Cc1ccc(Br)cc1CC(=O)OC(C)(C)C.Cc1ccc(N2CCN(C(=O)OC(C)(C)C)CC2)cc1CC(=O)OC(C)(C)C.[CH2-]CC.[V].[V]. The number of hydrogen-bond donors (Lipinski definition) is 4. The van der Waals surface area contributed by atoms with Crippen LogP contribution in [0.3, 0.4) is 0 Å². The number of aryl methyl sites for hydroxylation is 4. The summed E-state index contributed by atoms with van der Waals surface area (Å²) in [7, 11) is 0. The summed E-state index contributed by atoms with van der Waals surface area (Å²) in [6.45, 7) is 50.7. The number of halogens is 4. The summed E-state index contributed by atoms with van der Waals surface area (Å²) >= 11 is 15.4. The molecule has 556 valence electrons. The molecule has 4 saturated heterocycles. The van der Waals surface area contributed by atoms with Crippen molar-refractivity contribution in [3.8, 4) is 0 Å². The number of nitrogen functional groups attached to an aromatic ring is 2. The predicted octanol–water partition coefficient (Wildman–Crippen LogP) is 17.9. The third-order valence-corrected chi connectivity index (χ3v) is 16.5. The van der Waals surface area contributed by atoms with E-state index in [0.717, 1.165) is 168 Å². The molecule has 6 N–H and O–H groups in total. The minimum Gasteiger partial charge on any atom is -0.460 e. The standard InChI is InChI=1S/C22H34N2O4.C13H17BrO2.C11H16BrN3.C11H16ClN3.C10H19NO2.C3H6I.C3H7.2CH4.2V/c1-16-8-9-18(14-17(16)15-19(25)27-21(2,3)4)23-10-12-24(13-11-23)20(26)28-22(5,6)7;1-9-5-6-11(14)7-10(9)8-12(15)16-13(2,3)4;2*1-8-6-9(12)11(7-10(8)13)15-4-2-14-3-5-15;1-10(2,3)13-9(12)11-7-5-4-6-8-11;1-2-3-4;1-3-2;;;;/h8-9,14H,10-13,15H2,1-7H3;5-7H,8H2,1-4H3;2*6-7,14H,2-5,13H2,1H3;4-8H2,1-3H3;3H,2H2,1H3;1,3H2,2H3;2*1H4;;/q;;;;;2*-1;;;;. The van der Waals surface area contributed by atoms with Gasteiger partial charge in [-0.05, 0) is 228 Å². The van der Waals surface area contributed by atoms with Crippen molar-refractivity contribution >= 4 is 119 Å². The maximum absolute atomic E-state index is 12.2.